The van der Waals surface area contributed by atoms with E-state index in [0.717, 1.165) is 28.4 Å². The summed E-state index contributed by atoms with van der Waals surface area (Å²) in [6, 6.07) is 10.2. The van der Waals surface area contributed by atoms with Crippen LogP contribution in [0.5, 0.6) is 0 Å². The molecular formula is C17H12BrF3N2O2S. The molecule has 1 aliphatic rings. The molecule has 2 amide bonds. The molecule has 0 aromatic heterocycles. The number of benzene rings is 2. The van der Waals surface area contributed by atoms with Crippen molar-refractivity contribution in [2.24, 2.45) is 0 Å². The molecule has 0 bridgehead atoms. The number of thioether (sulfide) groups is 1. The van der Waals surface area contributed by atoms with Gasteiger partial charge in [-0.3, -0.25) is 9.59 Å². The Balaban J connectivity index is 1.69. The normalized spacial score (nSPS) is 16.6. The molecule has 136 valence electrons. The highest BCUT2D eigenvalue weighted by atomic mass is 79.9. The third kappa shape index (κ3) is 4.39. The van der Waals surface area contributed by atoms with Crippen molar-refractivity contribution >= 4 is 50.9 Å². The highest BCUT2D eigenvalue weighted by Gasteiger charge is 2.34. The molecule has 0 spiro atoms. The molecule has 3 rings (SSSR count). The number of anilines is 2. The average Bonchev–Trinajstić information content (AvgIpc) is 2.54. The van der Waals surface area contributed by atoms with Gasteiger partial charge < -0.3 is 10.6 Å². The van der Waals surface area contributed by atoms with Crippen LogP contribution in [0.3, 0.4) is 0 Å². The van der Waals surface area contributed by atoms with Crippen molar-refractivity contribution in [3.8, 4) is 0 Å². The van der Waals surface area contributed by atoms with Crippen LogP contribution in [0.1, 0.15) is 12.0 Å². The minimum absolute atomic E-state index is 0.0938. The molecule has 2 N–H and O–H groups in total. The van der Waals surface area contributed by atoms with Gasteiger partial charge in [-0.2, -0.15) is 13.2 Å². The molecule has 4 nitrogen and oxygen atoms in total. The Bertz CT molecular complexity index is 873. The summed E-state index contributed by atoms with van der Waals surface area (Å²) in [5, 5.41) is 4.43. The molecule has 0 fully saturated rings. The molecule has 0 saturated heterocycles. The van der Waals surface area contributed by atoms with E-state index in [-0.39, 0.29) is 18.0 Å². The lowest BCUT2D eigenvalue weighted by atomic mass is 10.1. The Morgan fingerprint density at radius 1 is 1.23 bits per heavy atom. The molecular weight excluding hydrogens is 433 g/mol. The number of rotatable bonds is 3. The van der Waals surface area contributed by atoms with Crippen molar-refractivity contribution in [3.63, 3.8) is 0 Å². The predicted octanol–water partition coefficient (Wildman–Crippen LogP) is 4.91. The lowest BCUT2D eigenvalue weighted by Gasteiger charge is -2.24. The fourth-order valence-corrected chi connectivity index (χ4v) is 3.90. The Kier molecular flexibility index (Phi) is 5.29. The SMILES string of the molecule is O=C(CC1Sc2ccc(C(F)(F)F)cc2NC1=O)Nc1cccc(Br)c1. The van der Waals surface area contributed by atoms with E-state index < -0.39 is 22.9 Å². The monoisotopic (exact) mass is 444 g/mol. The number of nitrogens with one attached hydrogen (secondary N) is 2. The first-order valence-electron chi connectivity index (χ1n) is 7.46. The van der Waals surface area contributed by atoms with Gasteiger partial charge in [-0.1, -0.05) is 22.0 Å². The molecule has 0 radical (unpaired) electrons. The second-order valence-electron chi connectivity index (χ2n) is 5.57. The number of amides is 2. The molecule has 1 heterocycles. The number of halogens is 4. The molecule has 1 atom stereocenters. The first kappa shape index (κ1) is 18.8. The fourth-order valence-electron chi connectivity index (χ4n) is 2.41. The van der Waals surface area contributed by atoms with Gasteiger partial charge in [-0.05, 0) is 36.4 Å². The van der Waals surface area contributed by atoms with E-state index in [1.54, 1.807) is 18.2 Å². The quantitative estimate of drug-likeness (QED) is 0.706. The van der Waals surface area contributed by atoms with Crippen molar-refractivity contribution in [1.29, 1.82) is 0 Å². The molecule has 2 aromatic carbocycles. The number of alkyl halides is 3. The number of fused-ring (bicyclic) bond motifs is 1. The lowest BCUT2D eigenvalue weighted by molar-refractivity contribution is -0.137. The van der Waals surface area contributed by atoms with Crippen LogP contribution in [0, 0.1) is 0 Å². The van der Waals surface area contributed by atoms with E-state index in [2.05, 4.69) is 26.6 Å². The molecule has 9 heteroatoms. The number of hydrogen-bond acceptors (Lipinski definition) is 3. The molecule has 26 heavy (non-hydrogen) atoms. The zero-order chi connectivity index (χ0) is 18.9. The molecule has 1 unspecified atom stereocenters. The first-order valence-corrected chi connectivity index (χ1v) is 9.14. The summed E-state index contributed by atoms with van der Waals surface area (Å²) in [7, 11) is 0. The van der Waals surface area contributed by atoms with Crippen molar-refractivity contribution in [2.45, 2.75) is 22.7 Å². The number of hydrogen-bond donors (Lipinski definition) is 2. The van der Waals surface area contributed by atoms with Crippen molar-refractivity contribution in [1.82, 2.24) is 0 Å². The van der Waals surface area contributed by atoms with E-state index in [1.165, 1.54) is 6.07 Å². The minimum Gasteiger partial charge on any atom is -0.326 e. The molecule has 0 aliphatic carbocycles. The van der Waals surface area contributed by atoms with E-state index in [9.17, 15) is 22.8 Å². The average molecular weight is 445 g/mol. The molecule has 1 aliphatic heterocycles. The third-order valence-electron chi connectivity index (χ3n) is 3.61. The fraction of sp³-hybridized carbons (Fsp3) is 0.176. The Labute approximate surface area is 159 Å². The second kappa shape index (κ2) is 7.32. The Hall–Kier alpha value is -2.00. The molecule has 2 aromatic rings. The van der Waals surface area contributed by atoms with E-state index >= 15 is 0 Å². The second-order valence-corrected chi connectivity index (χ2v) is 7.73. The van der Waals surface area contributed by atoms with Crippen molar-refractivity contribution < 1.29 is 22.8 Å². The van der Waals surface area contributed by atoms with Crippen LogP contribution in [0.4, 0.5) is 24.5 Å². The largest absolute Gasteiger partial charge is 0.416 e. The van der Waals surface area contributed by atoms with Crippen LogP contribution in [-0.4, -0.2) is 17.1 Å². The zero-order valence-electron chi connectivity index (χ0n) is 13.1. The van der Waals surface area contributed by atoms with Gasteiger partial charge in [0.25, 0.3) is 0 Å². The van der Waals surface area contributed by atoms with E-state index in [1.807, 2.05) is 6.07 Å². The zero-order valence-corrected chi connectivity index (χ0v) is 15.5. The maximum Gasteiger partial charge on any atom is 0.416 e. The van der Waals surface area contributed by atoms with Crippen LogP contribution in [0.2, 0.25) is 0 Å². The van der Waals surface area contributed by atoms with Gasteiger partial charge >= 0.3 is 6.18 Å². The summed E-state index contributed by atoms with van der Waals surface area (Å²) in [5.41, 5.74) is -0.137. The van der Waals surface area contributed by atoms with Gasteiger partial charge in [0, 0.05) is 21.5 Å². The van der Waals surface area contributed by atoms with Crippen LogP contribution in [0.25, 0.3) is 0 Å². The van der Waals surface area contributed by atoms with Crippen molar-refractivity contribution in [2.75, 3.05) is 10.6 Å². The predicted molar refractivity (Wildman–Crippen MR) is 97.1 cm³/mol. The van der Waals surface area contributed by atoms with E-state index in [4.69, 9.17) is 0 Å². The maximum atomic E-state index is 12.8. The Morgan fingerprint density at radius 2 is 2.00 bits per heavy atom. The first-order chi connectivity index (χ1) is 12.2. The van der Waals surface area contributed by atoms with Gasteiger partial charge in [-0.25, -0.2) is 0 Å². The highest BCUT2D eigenvalue weighted by Crippen LogP contribution is 2.40. The molecule has 0 saturated carbocycles. The van der Waals surface area contributed by atoms with Crippen LogP contribution >= 0.6 is 27.7 Å². The summed E-state index contributed by atoms with van der Waals surface area (Å²) in [4.78, 5) is 24.8. The van der Waals surface area contributed by atoms with Gasteiger partial charge in [0.05, 0.1) is 16.5 Å². The summed E-state index contributed by atoms with van der Waals surface area (Å²) in [6.45, 7) is 0. The highest BCUT2D eigenvalue weighted by molar-refractivity contribution is 9.10. The van der Waals surface area contributed by atoms with Gasteiger partial charge in [-0.15, -0.1) is 11.8 Å². The van der Waals surface area contributed by atoms with Crippen LogP contribution < -0.4 is 10.6 Å². The maximum absolute atomic E-state index is 12.8. The Morgan fingerprint density at radius 3 is 2.69 bits per heavy atom. The van der Waals surface area contributed by atoms with Crippen LogP contribution in [-0.2, 0) is 15.8 Å². The van der Waals surface area contributed by atoms with Gasteiger partial charge in [0.15, 0.2) is 0 Å². The summed E-state index contributed by atoms with van der Waals surface area (Å²) >= 11 is 4.38. The minimum atomic E-state index is -4.48. The van der Waals surface area contributed by atoms with Crippen molar-refractivity contribution in [3.05, 3.63) is 52.5 Å². The number of carbonyl (C=O) groups is 2. The topological polar surface area (TPSA) is 58.2 Å². The number of carbonyl (C=O) groups excluding carboxylic acids is 2. The summed E-state index contributed by atoms with van der Waals surface area (Å²) < 4.78 is 39.1. The van der Waals surface area contributed by atoms with E-state index in [0.29, 0.717) is 10.6 Å². The standard InChI is InChI=1S/C17H12BrF3N2O2S/c18-10-2-1-3-11(7-10)22-15(24)8-14-16(25)23-12-6-9(17(19,20)21)4-5-13(12)26-14/h1-7,14H,8H2,(H,22,24)(H,23,25). The van der Waals surface area contributed by atoms with Crippen LogP contribution in [0.15, 0.2) is 51.8 Å². The van der Waals surface area contributed by atoms with Gasteiger partial charge in [0.2, 0.25) is 11.8 Å². The lowest BCUT2D eigenvalue weighted by Crippen LogP contribution is -2.32. The van der Waals surface area contributed by atoms with Gasteiger partial charge in [0.1, 0.15) is 0 Å². The summed E-state index contributed by atoms with van der Waals surface area (Å²) in [5.74, 6) is -0.850. The summed E-state index contributed by atoms with van der Waals surface area (Å²) in [6.07, 6.45) is -4.57. The third-order valence-corrected chi connectivity index (χ3v) is 5.37. The smallest absolute Gasteiger partial charge is 0.326 e.